The van der Waals surface area contributed by atoms with E-state index in [1.165, 1.54) is 24.3 Å². The number of β-amino-alcohol motifs (C(OH)–C–C–N with tert-alkyl or cyclic N) is 2. The van der Waals surface area contributed by atoms with Gasteiger partial charge in [-0.25, -0.2) is 0 Å². The van der Waals surface area contributed by atoms with Crippen molar-refractivity contribution in [1.29, 1.82) is 0 Å². The van der Waals surface area contributed by atoms with Gasteiger partial charge in [-0.1, -0.05) is 12.1 Å². The average molecular weight is 496 g/mol. The Balaban J connectivity index is 1.58. The van der Waals surface area contributed by atoms with E-state index in [4.69, 9.17) is 10.2 Å². The lowest BCUT2D eigenvalue weighted by Gasteiger charge is -2.17. The number of rotatable bonds is 9. The molecule has 186 valence electrons. The van der Waals surface area contributed by atoms with Gasteiger partial charge in [-0.3, -0.25) is 38.6 Å². The molecule has 2 unspecified atom stereocenters. The van der Waals surface area contributed by atoms with E-state index in [0.717, 1.165) is 9.80 Å². The summed E-state index contributed by atoms with van der Waals surface area (Å²) < 4.78 is 0. The molecular weight excluding hydrogens is 476 g/mol. The highest BCUT2D eigenvalue weighted by atomic mass is 16.4. The minimum absolute atomic E-state index is 0.0429. The fourth-order valence-corrected chi connectivity index (χ4v) is 4.23. The maximum Gasteiger partial charge on any atom is 0.306 e. The normalized spacial score (nSPS) is 16.3. The lowest BCUT2D eigenvalue weighted by atomic mass is 9.97. The molecule has 2 aromatic carbocycles. The third-order valence-electron chi connectivity index (χ3n) is 5.88. The highest BCUT2D eigenvalue weighted by molar-refractivity contribution is 6.23. The molecule has 12 nitrogen and oxygen atoms in total. The number of hydrogen-bond acceptors (Lipinski definition) is 8. The summed E-state index contributed by atoms with van der Waals surface area (Å²) in [5.74, 6) is -5.30. The fraction of sp³-hybridized carbons (Fsp3) is 0.250. The number of hydrogen-bond donors (Lipinski definition) is 4. The Morgan fingerprint density at radius 2 is 0.944 bits per heavy atom. The summed E-state index contributed by atoms with van der Waals surface area (Å²) in [7, 11) is 0. The molecule has 0 radical (unpaired) electrons. The lowest BCUT2D eigenvalue weighted by Crippen LogP contribution is -2.37. The minimum Gasteiger partial charge on any atom is -0.481 e. The van der Waals surface area contributed by atoms with Crippen LogP contribution in [0.4, 0.5) is 0 Å². The number of aliphatic hydroxyl groups excluding tert-OH is 2. The van der Waals surface area contributed by atoms with Crippen molar-refractivity contribution in [3.05, 3.63) is 58.7 Å². The van der Waals surface area contributed by atoms with E-state index in [1.54, 1.807) is 12.1 Å². The molecule has 2 aliphatic heterocycles. The van der Waals surface area contributed by atoms with Crippen LogP contribution in [-0.2, 0) is 9.59 Å². The molecule has 0 aromatic heterocycles. The van der Waals surface area contributed by atoms with Crippen molar-refractivity contribution in [2.75, 3.05) is 13.1 Å². The zero-order valence-electron chi connectivity index (χ0n) is 18.6. The van der Waals surface area contributed by atoms with Crippen LogP contribution in [0.1, 0.15) is 54.3 Å². The molecule has 0 bridgehead atoms. The molecule has 4 rings (SSSR count). The van der Waals surface area contributed by atoms with E-state index in [1.807, 2.05) is 0 Å². The number of carboxylic acid groups (broad SMARTS) is 2. The number of benzene rings is 2. The number of carbonyl (C=O) groups is 6. The van der Waals surface area contributed by atoms with Gasteiger partial charge >= 0.3 is 11.9 Å². The summed E-state index contributed by atoms with van der Waals surface area (Å²) in [6, 6.07) is 8.75. The van der Waals surface area contributed by atoms with Crippen LogP contribution in [0.5, 0.6) is 0 Å². The van der Waals surface area contributed by atoms with Crippen molar-refractivity contribution < 1.29 is 49.2 Å². The lowest BCUT2D eigenvalue weighted by molar-refractivity contribution is -0.140. The molecule has 4 N–H and O–H groups in total. The zero-order chi connectivity index (χ0) is 26.3. The van der Waals surface area contributed by atoms with Gasteiger partial charge in [-0.15, -0.1) is 0 Å². The Kier molecular flexibility index (Phi) is 6.39. The Morgan fingerprint density at radius 3 is 1.28 bits per heavy atom. The second-order valence-corrected chi connectivity index (χ2v) is 8.47. The summed E-state index contributed by atoms with van der Waals surface area (Å²) >= 11 is 0. The topological polar surface area (TPSA) is 190 Å². The van der Waals surface area contributed by atoms with Crippen LogP contribution < -0.4 is 0 Å². The molecule has 2 aromatic rings. The standard InChI is InChI=1S/C24H20N2O10/c27-13(7-19(29)30)9-25-21(33)15-3-1-11(5-17(15)23(25)35)12-2-4-16-18(6-12)24(36)26(22(16)34)10-14(28)8-20(31)32/h1-6,13-14,27-28H,7-10H2,(H,29,30)(H,31,32). The van der Waals surface area contributed by atoms with E-state index in [9.17, 15) is 39.0 Å². The van der Waals surface area contributed by atoms with E-state index in [0.29, 0.717) is 11.1 Å². The van der Waals surface area contributed by atoms with Crippen molar-refractivity contribution in [3.63, 3.8) is 0 Å². The smallest absolute Gasteiger partial charge is 0.306 e. The van der Waals surface area contributed by atoms with E-state index >= 15 is 0 Å². The van der Waals surface area contributed by atoms with Gasteiger partial charge in [0.25, 0.3) is 23.6 Å². The predicted octanol–water partition coefficient (Wildman–Crippen LogP) is 0.217. The first-order valence-electron chi connectivity index (χ1n) is 10.8. The van der Waals surface area contributed by atoms with Crippen LogP contribution >= 0.6 is 0 Å². The summed E-state index contributed by atoms with van der Waals surface area (Å²) in [5.41, 5.74) is 1.16. The number of aliphatic carboxylic acids is 2. The van der Waals surface area contributed by atoms with Crippen molar-refractivity contribution >= 4 is 35.6 Å². The third kappa shape index (κ3) is 4.46. The summed E-state index contributed by atoms with van der Waals surface area (Å²) in [4.78, 5) is 73.9. The van der Waals surface area contributed by atoms with Gasteiger partial charge in [0.15, 0.2) is 0 Å². The minimum atomic E-state index is -1.43. The van der Waals surface area contributed by atoms with Gasteiger partial charge in [0.2, 0.25) is 0 Å². The monoisotopic (exact) mass is 496 g/mol. The molecule has 36 heavy (non-hydrogen) atoms. The molecule has 4 amide bonds. The average Bonchev–Trinajstić information content (AvgIpc) is 3.18. The molecule has 12 heteroatoms. The Hall–Kier alpha value is -4.42. The molecule has 2 aliphatic rings. The van der Waals surface area contributed by atoms with Crippen molar-refractivity contribution in [2.45, 2.75) is 25.0 Å². The van der Waals surface area contributed by atoms with Gasteiger partial charge in [0.1, 0.15) is 0 Å². The Bertz CT molecular complexity index is 1230. The van der Waals surface area contributed by atoms with Crippen LogP contribution in [0.25, 0.3) is 11.1 Å². The van der Waals surface area contributed by atoms with Crippen LogP contribution in [0.2, 0.25) is 0 Å². The highest BCUT2D eigenvalue weighted by Gasteiger charge is 2.39. The number of imide groups is 2. The summed E-state index contributed by atoms with van der Waals surface area (Å²) in [6.07, 6.45) is -4.13. The van der Waals surface area contributed by atoms with Gasteiger partial charge < -0.3 is 20.4 Å². The number of amides is 4. The van der Waals surface area contributed by atoms with Gasteiger partial charge in [0.05, 0.1) is 60.4 Å². The maximum atomic E-state index is 12.8. The maximum absolute atomic E-state index is 12.8. The summed E-state index contributed by atoms with van der Waals surface area (Å²) in [5, 5.41) is 37.3. The van der Waals surface area contributed by atoms with Crippen LogP contribution in [0, 0.1) is 0 Å². The fourth-order valence-electron chi connectivity index (χ4n) is 4.23. The molecule has 0 aliphatic carbocycles. The third-order valence-corrected chi connectivity index (χ3v) is 5.88. The largest absolute Gasteiger partial charge is 0.481 e. The van der Waals surface area contributed by atoms with Crippen molar-refractivity contribution in [1.82, 2.24) is 9.80 Å². The number of nitrogens with zero attached hydrogens (tertiary/aromatic N) is 2. The zero-order valence-corrected chi connectivity index (χ0v) is 18.6. The van der Waals surface area contributed by atoms with Crippen LogP contribution in [0.3, 0.4) is 0 Å². The first kappa shape index (κ1) is 24.7. The van der Waals surface area contributed by atoms with Crippen LogP contribution in [0.15, 0.2) is 36.4 Å². The predicted molar refractivity (Wildman–Crippen MR) is 119 cm³/mol. The van der Waals surface area contributed by atoms with Crippen molar-refractivity contribution in [3.8, 4) is 11.1 Å². The van der Waals surface area contributed by atoms with E-state index < -0.39 is 73.7 Å². The van der Waals surface area contributed by atoms with E-state index in [-0.39, 0.29) is 22.3 Å². The molecule has 2 heterocycles. The quantitative estimate of drug-likeness (QED) is 0.349. The first-order chi connectivity index (χ1) is 17.0. The van der Waals surface area contributed by atoms with Crippen molar-refractivity contribution in [2.24, 2.45) is 0 Å². The molecule has 0 spiro atoms. The Labute approximate surface area is 203 Å². The van der Waals surface area contributed by atoms with Gasteiger partial charge in [0, 0.05) is 0 Å². The number of carbonyl (C=O) groups excluding carboxylic acids is 4. The number of aliphatic hydroxyl groups is 2. The van der Waals surface area contributed by atoms with Gasteiger partial charge in [-0.2, -0.15) is 0 Å². The SMILES string of the molecule is O=C(O)CC(O)CN1C(=O)c2ccc(-c3ccc4c(c3)C(=O)N(CC(O)CC(=O)O)C4=O)cc2C1=O. The highest BCUT2D eigenvalue weighted by Crippen LogP contribution is 2.32. The molecule has 0 fully saturated rings. The Morgan fingerprint density at radius 1 is 0.611 bits per heavy atom. The number of fused-ring (bicyclic) bond motifs is 2. The second-order valence-electron chi connectivity index (χ2n) is 8.47. The summed E-state index contributed by atoms with van der Waals surface area (Å²) in [6.45, 7) is -0.958. The molecular formula is C24H20N2O10. The van der Waals surface area contributed by atoms with Crippen LogP contribution in [-0.4, -0.2) is 91.1 Å². The first-order valence-corrected chi connectivity index (χ1v) is 10.8. The van der Waals surface area contributed by atoms with Gasteiger partial charge in [-0.05, 0) is 35.4 Å². The molecule has 0 saturated carbocycles. The number of carboxylic acids is 2. The molecule has 0 saturated heterocycles. The van der Waals surface area contributed by atoms with E-state index in [2.05, 4.69) is 0 Å². The molecule has 2 atom stereocenters. The second kappa shape index (κ2) is 9.32.